The highest BCUT2D eigenvalue weighted by Crippen LogP contribution is 2.38. The number of rotatable bonds is 5. The topological polar surface area (TPSA) is 49.4 Å². The number of para-hydroxylation sites is 1. The summed E-state index contributed by atoms with van der Waals surface area (Å²) in [6.45, 7) is 0.361. The van der Waals surface area contributed by atoms with Crippen molar-refractivity contribution < 1.29 is 8.42 Å². The first-order valence-corrected chi connectivity index (χ1v) is 12.3. The Kier molecular flexibility index (Phi) is 5.88. The summed E-state index contributed by atoms with van der Waals surface area (Å²) in [5, 5.41) is 4.09. The van der Waals surface area contributed by atoms with Gasteiger partial charge < -0.3 is 5.32 Å². The SMILES string of the molecule is CSc1ccc([C@H]2Nc3ccccc3S(=O)(=O)N2CCc2ccc(Cl)cc2)cc1. The number of benzene rings is 3. The third-order valence-corrected chi connectivity index (χ3v) is 7.94. The zero-order valence-electron chi connectivity index (χ0n) is 15.9. The van der Waals surface area contributed by atoms with Crippen LogP contribution in [0.4, 0.5) is 5.69 Å². The molecule has 0 unspecified atom stereocenters. The Labute approximate surface area is 180 Å². The molecule has 150 valence electrons. The molecule has 0 saturated carbocycles. The fourth-order valence-corrected chi connectivity index (χ4v) is 5.70. The van der Waals surface area contributed by atoms with E-state index in [-0.39, 0.29) is 0 Å². The van der Waals surface area contributed by atoms with Crippen LogP contribution in [0.5, 0.6) is 0 Å². The Hall–Kier alpha value is -1.99. The van der Waals surface area contributed by atoms with E-state index in [2.05, 4.69) is 5.32 Å². The maximum Gasteiger partial charge on any atom is 0.247 e. The van der Waals surface area contributed by atoms with E-state index in [4.69, 9.17) is 11.6 Å². The van der Waals surface area contributed by atoms with Crippen molar-refractivity contribution in [1.29, 1.82) is 0 Å². The summed E-state index contributed by atoms with van der Waals surface area (Å²) in [5.41, 5.74) is 2.59. The Morgan fingerprint density at radius 3 is 2.38 bits per heavy atom. The third kappa shape index (κ3) is 4.16. The molecule has 1 aliphatic rings. The molecule has 0 saturated heterocycles. The molecule has 0 radical (unpaired) electrons. The average molecular weight is 445 g/mol. The molecule has 0 spiro atoms. The fourth-order valence-electron chi connectivity index (χ4n) is 3.47. The van der Waals surface area contributed by atoms with Gasteiger partial charge in [0.15, 0.2) is 0 Å². The number of fused-ring (bicyclic) bond motifs is 1. The summed E-state index contributed by atoms with van der Waals surface area (Å²) in [7, 11) is -3.63. The Balaban J connectivity index is 1.70. The molecule has 3 aromatic carbocycles. The molecule has 0 bridgehead atoms. The van der Waals surface area contributed by atoms with Gasteiger partial charge in [-0.2, -0.15) is 4.31 Å². The van der Waals surface area contributed by atoms with Gasteiger partial charge in [0.2, 0.25) is 10.0 Å². The minimum Gasteiger partial charge on any atom is -0.364 e. The quantitative estimate of drug-likeness (QED) is 0.534. The van der Waals surface area contributed by atoms with Crippen LogP contribution >= 0.6 is 23.4 Å². The molecule has 1 atom stereocenters. The summed E-state index contributed by atoms with van der Waals surface area (Å²) < 4.78 is 28.4. The van der Waals surface area contributed by atoms with E-state index >= 15 is 0 Å². The second kappa shape index (κ2) is 8.40. The molecule has 0 aromatic heterocycles. The van der Waals surface area contributed by atoms with Crippen molar-refractivity contribution in [2.24, 2.45) is 0 Å². The van der Waals surface area contributed by atoms with Crippen LogP contribution in [-0.4, -0.2) is 25.5 Å². The predicted octanol–water partition coefficient (Wildman–Crippen LogP) is 5.42. The van der Waals surface area contributed by atoms with E-state index in [0.29, 0.717) is 28.6 Å². The van der Waals surface area contributed by atoms with Gasteiger partial charge in [0, 0.05) is 16.5 Å². The molecular formula is C22H21ClN2O2S2. The molecule has 0 amide bonds. The molecule has 7 heteroatoms. The molecule has 1 aliphatic heterocycles. The van der Waals surface area contributed by atoms with Crippen LogP contribution in [0.25, 0.3) is 0 Å². The average Bonchev–Trinajstić information content (AvgIpc) is 2.74. The number of hydrogen-bond donors (Lipinski definition) is 1. The van der Waals surface area contributed by atoms with Crippen LogP contribution in [0.1, 0.15) is 17.3 Å². The van der Waals surface area contributed by atoms with Crippen molar-refractivity contribution in [2.45, 2.75) is 22.4 Å². The van der Waals surface area contributed by atoms with Crippen molar-refractivity contribution in [3.05, 3.63) is 88.9 Å². The van der Waals surface area contributed by atoms with Gasteiger partial charge in [0.25, 0.3) is 0 Å². The smallest absolute Gasteiger partial charge is 0.247 e. The third-order valence-electron chi connectivity index (χ3n) is 5.02. The Bertz CT molecular complexity index is 1100. The van der Waals surface area contributed by atoms with Crippen LogP contribution in [0.3, 0.4) is 0 Å². The van der Waals surface area contributed by atoms with Gasteiger partial charge in [-0.3, -0.25) is 0 Å². The second-order valence-electron chi connectivity index (χ2n) is 6.81. The number of anilines is 1. The first-order chi connectivity index (χ1) is 14.0. The standard InChI is InChI=1S/C22H21ClN2O2S2/c1-28-19-12-8-17(9-13-19)22-24-20-4-2-3-5-21(20)29(26,27)25(22)15-14-16-6-10-18(23)11-7-16/h2-13,22,24H,14-15H2,1H3/t22-/m0/s1. The molecule has 4 nitrogen and oxygen atoms in total. The summed E-state index contributed by atoms with van der Waals surface area (Å²) in [5.74, 6) is 0. The van der Waals surface area contributed by atoms with E-state index in [1.165, 1.54) is 0 Å². The summed E-state index contributed by atoms with van der Waals surface area (Å²) >= 11 is 7.63. The Morgan fingerprint density at radius 1 is 1.00 bits per heavy atom. The molecule has 0 aliphatic carbocycles. The maximum atomic E-state index is 13.4. The van der Waals surface area contributed by atoms with Crippen LogP contribution in [-0.2, 0) is 16.4 Å². The first kappa shape index (κ1) is 20.3. The van der Waals surface area contributed by atoms with Gasteiger partial charge >= 0.3 is 0 Å². The number of sulfonamides is 1. The summed E-state index contributed by atoms with van der Waals surface area (Å²) in [6.07, 6.45) is 2.16. The normalized spacial score (nSPS) is 18.1. The van der Waals surface area contributed by atoms with E-state index in [1.807, 2.05) is 66.9 Å². The lowest BCUT2D eigenvalue weighted by Gasteiger charge is -2.37. The van der Waals surface area contributed by atoms with Gasteiger partial charge in [-0.05, 0) is 60.2 Å². The van der Waals surface area contributed by atoms with Crippen LogP contribution in [0.15, 0.2) is 82.6 Å². The molecule has 4 rings (SSSR count). The lowest BCUT2D eigenvalue weighted by atomic mass is 10.1. The predicted molar refractivity (Wildman–Crippen MR) is 120 cm³/mol. The zero-order chi connectivity index (χ0) is 20.4. The first-order valence-electron chi connectivity index (χ1n) is 9.25. The minimum absolute atomic E-state index is 0.313. The van der Waals surface area contributed by atoms with Crippen LogP contribution in [0, 0.1) is 0 Å². The highest BCUT2D eigenvalue weighted by Gasteiger charge is 2.38. The van der Waals surface area contributed by atoms with E-state index in [9.17, 15) is 8.42 Å². The number of hydrogen-bond acceptors (Lipinski definition) is 4. The highest BCUT2D eigenvalue weighted by atomic mass is 35.5. The number of nitrogens with zero attached hydrogens (tertiary/aromatic N) is 1. The van der Waals surface area contributed by atoms with Crippen molar-refractivity contribution in [2.75, 3.05) is 18.1 Å². The number of nitrogens with one attached hydrogen (secondary N) is 1. The maximum absolute atomic E-state index is 13.4. The van der Waals surface area contributed by atoms with E-state index in [1.54, 1.807) is 28.2 Å². The van der Waals surface area contributed by atoms with Crippen molar-refractivity contribution in [3.8, 4) is 0 Å². The number of halogens is 1. The van der Waals surface area contributed by atoms with Crippen molar-refractivity contribution in [1.82, 2.24) is 4.31 Å². The van der Waals surface area contributed by atoms with Gasteiger partial charge in [-0.15, -0.1) is 11.8 Å². The largest absolute Gasteiger partial charge is 0.364 e. The van der Waals surface area contributed by atoms with Gasteiger partial charge in [-0.1, -0.05) is 48.0 Å². The number of thioether (sulfide) groups is 1. The molecule has 3 aromatic rings. The van der Waals surface area contributed by atoms with E-state index < -0.39 is 16.2 Å². The highest BCUT2D eigenvalue weighted by molar-refractivity contribution is 7.98. The zero-order valence-corrected chi connectivity index (χ0v) is 18.3. The minimum atomic E-state index is -3.63. The van der Waals surface area contributed by atoms with Crippen molar-refractivity contribution >= 4 is 39.1 Å². The van der Waals surface area contributed by atoms with Gasteiger partial charge in [-0.25, -0.2) is 8.42 Å². The lowest BCUT2D eigenvalue weighted by Crippen LogP contribution is -2.43. The summed E-state index contributed by atoms with van der Waals surface area (Å²) in [6, 6.07) is 22.6. The second-order valence-corrected chi connectivity index (χ2v) is 9.98. The summed E-state index contributed by atoms with van der Waals surface area (Å²) in [4.78, 5) is 1.45. The van der Waals surface area contributed by atoms with Gasteiger partial charge in [0.1, 0.15) is 11.1 Å². The van der Waals surface area contributed by atoms with Crippen LogP contribution < -0.4 is 5.32 Å². The molecule has 0 fully saturated rings. The fraction of sp³-hybridized carbons (Fsp3) is 0.182. The molecule has 29 heavy (non-hydrogen) atoms. The molecule has 1 heterocycles. The van der Waals surface area contributed by atoms with Crippen LogP contribution in [0.2, 0.25) is 5.02 Å². The lowest BCUT2D eigenvalue weighted by molar-refractivity contribution is 0.345. The molecule has 1 N–H and O–H groups in total. The monoisotopic (exact) mass is 444 g/mol. The van der Waals surface area contributed by atoms with Gasteiger partial charge in [0.05, 0.1) is 5.69 Å². The molecular weight excluding hydrogens is 424 g/mol. The van der Waals surface area contributed by atoms with Crippen molar-refractivity contribution in [3.63, 3.8) is 0 Å². The Morgan fingerprint density at radius 2 is 1.69 bits per heavy atom. The van der Waals surface area contributed by atoms with E-state index in [0.717, 1.165) is 16.0 Å².